The number of esters is 1. The van der Waals surface area contributed by atoms with E-state index in [4.69, 9.17) is 4.74 Å². The van der Waals surface area contributed by atoms with Crippen LogP contribution in [0.15, 0.2) is 22.7 Å². The predicted octanol–water partition coefficient (Wildman–Crippen LogP) is 2.74. The molecule has 0 heterocycles. The average molecular weight is 313 g/mol. The molecule has 1 aliphatic carbocycles. The second-order valence-corrected chi connectivity index (χ2v) is 4.96. The van der Waals surface area contributed by atoms with E-state index in [0.717, 1.165) is 12.8 Å². The van der Waals surface area contributed by atoms with E-state index >= 15 is 0 Å². The van der Waals surface area contributed by atoms with Crippen LogP contribution < -0.4 is 4.74 Å². The van der Waals surface area contributed by atoms with Gasteiger partial charge in [-0.2, -0.15) is 0 Å². The van der Waals surface area contributed by atoms with E-state index in [0.29, 0.717) is 22.2 Å². The van der Waals surface area contributed by atoms with Crippen molar-refractivity contribution in [3.63, 3.8) is 0 Å². The summed E-state index contributed by atoms with van der Waals surface area (Å²) in [4.78, 5) is 22.8. The molecular weight excluding hydrogens is 300 g/mol. The maximum Gasteiger partial charge on any atom is 0.337 e. The molecule has 1 aliphatic rings. The monoisotopic (exact) mass is 312 g/mol. The van der Waals surface area contributed by atoms with Crippen molar-refractivity contribution in [2.24, 2.45) is 0 Å². The summed E-state index contributed by atoms with van der Waals surface area (Å²) < 4.78 is 10.9. The van der Waals surface area contributed by atoms with Gasteiger partial charge in [0.1, 0.15) is 5.75 Å². The molecule has 1 aromatic rings. The van der Waals surface area contributed by atoms with E-state index in [2.05, 4.69) is 20.7 Å². The van der Waals surface area contributed by atoms with Gasteiger partial charge in [-0.1, -0.05) is 0 Å². The molecule has 2 rings (SSSR count). The number of carbonyl (C=O) groups is 2. The topological polar surface area (TPSA) is 52.6 Å². The lowest BCUT2D eigenvalue weighted by molar-refractivity contribution is -0.123. The molecule has 1 aromatic carbocycles. The lowest BCUT2D eigenvalue weighted by atomic mass is 10.2. The fraction of sp³-hybridized carbons (Fsp3) is 0.385. The first-order valence-electron chi connectivity index (χ1n) is 5.69. The molecule has 1 unspecified atom stereocenters. The summed E-state index contributed by atoms with van der Waals surface area (Å²) in [5.74, 6) is 0.307. The molecule has 1 fully saturated rings. The molecule has 0 amide bonds. The van der Waals surface area contributed by atoms with E-state index in [9.17, 15) is 9.59 Å². The quantitative estimate of drug-likeness (QED) is 0.805. The number of halogens is 1. The summed E-state index contributed by atoms with van der Waals surface area (Å²) in [5.41, 5.74) is 0.439. The number of hydrogen-bond donors (Lipinski definition) is 0. The van der Waals surface area contributed by atoms with Crippen molar-refractivity contribution >= 4 is 27.7 Å². The second kappa shape index (κ2) is 5.52. The number of Topliss-reactive ketones (excluding diaryl/α,β-unsaturated/α-hetero) is 1. The third kappa shape index (κ3) is 2.72. The van der Waals surface area contributed by atoms with Crippen LogP contribution in [-0.4, -0.2) is 25.0 Å². The molecule has 0 spiro atoms. The Morgan fingerprint density at radius 3 is 2.78 bits per heavy atom. The van der Waals surface area contributed by atoms with E-state index in [1.165, 1.54) is 7.11 Å². The van der Waals surface area contributed by atoms with Gasteiger partial charge in [-0.25, -0.2) is 4.79 Å². The molecule has 1 atom stereocenters. The van der Waals surface area contributed by atoms with Crippen LogP contribution in [0.3, 0.4) is 0 Å². The Bertz CT molecular complexity index is 484. The molecule has 0 aromatic heterocycles. The first kappa shape index (κ1) is 13.1. The standard InChI is InChI=1S/C13H13BrO4/c1-17-13(16)8-5-6-11(9(14)7-8)18-12-4-2-3-10(12)15/h5-7,12H,2-4H2,1H3. The highest BCUT2D eigenvalue weighted by molar-refractivity contribution is 9.10. The van der Waals surface area contributed by atoms with Gasteiger partial charge in [0.15, 0.2) is 11.9 Å². The minimum atomic E-state index is -0.404. The number of ether oxygens (including phenoxy) is 2. The molecule has 0 bridgehead atoms. The second-order valence-electron chi connectivity index (χ2n) is 4.10. The summed E-state index contributed by atoms with van der Waals surface area (Å²) >= 11 is 3.33. The van der Waals surface area contributed by atoms with Crippen LogP contribution in [-0.2, 0) is 9.53 Å². The molecule has 1 saturated carbocycles. The molecule has 0 aliphatic heterocycles. The molecule has 18 heavy (non-hydrogen) atoms. The molecule has 0 N–H and O–H groups in total. The summed E-state index contributed by atoms with van der Waals surface area (Å²) in [6, 6.07) is 4.91. The first-order chi connectivity index (χ1) is 8.61. The van der Waals surface area contributed by atoms with Crippen LogP contribution in [0.1, 0.15) is 29.6 Å². The maximum absolute atomic E-state index is 11.5. The highest BCUT2D eigenvalue weighted by atomic mass is 79.9. The largest absolute Gasteiger partial charge is 0.481 e. The van der Waals surface area contributed by atoms with Gasteiger partial charge < -0.3 is 9.47 Å². The predicted molar refractivity (Wildman–Crippen MR) is 68.8 cm³/mol. The van der Waals surface area contributed by atoms with Gasteiger partial charge in [0.05, 0.1) is 17.1 Å². The lowest BCUT2D eigenvalue weighted by Crippen LogP contribution is -2.21. The van der Waals surface area contributed by atoms with Gasteiger partial charge in [-0.05, 0) is 47.0 Å². The number of benzene rings is 1. The van der Waals surface area contributed by atoms with Gasteiger partial charge in [0.25, 0.3) is 0 Å². The summed E-state index contributed by atoms with van der Waals surface area (Å²) in [6.45, 7) is 0. The zero-order valence-corrected chi connectivity index (χ0v) is 11.5. The number of rotatable bonds is 3. The van der Waals surface area contributed by atoms with E-state index in [1.807, 2.05) is 0 Å². The van der Waals surface area contributed by atoms with E-state index in [-0.39, 0.29) is 11.9 Å². The first-order valence-corrected chi connectivity index (χ1v) is 6.48. The van der Waals surface area contributed by atoms with Crippen molar-refractivity contribution in [2.75, 3.05) is 7.11 Å². The van der Waals surface area contributed by atoms with Crippen LogP contribution in [0.2, 0.25) is 0 Å². The number of ketones is 1. The Labute approximate surface area is 113 Å². The minimum absolute atomic E-state index is 0.138. The average Bonchev–Trinajstić information content (AvgIpc) is 2.76. The number of hydrogen-bond acceptors (Lipinski definition) is 4. The summed E-state index contributed by atoms with van der Waals surface area (Å²) in [5, 5.41) is 0. The highest BCUT2D eigenvalue weighted by Crippen LogP contribution is 2.29. The van der Waals surface area contributed by atoms with Crippen LogP contribution >= 0.6 is 15.9 Å². The van der Waals surface area contributed by atoms with Crippen molar-refractivity contribution < 1.29 is 19.1 Å². The Morgan fingerprint density at radius 1 is 1.44 bits per heavy atom. The molecule has 5 heteroatoms. The Hall–Kier alpha value is -1.36. The number of carbonyl (C=O) groups excluding carboxylic acids is 2. The minimum Gasteiger partial charge on any atom is -0.481 e. The Balaban J connectivity index is 2.14. The molecular formula is C13H13BrO4. The van der Waals surface area contributed by atoms with Crippen LogP contribution in [0.25, 0.3) is 0 Å². The van der Waals surface area contributed by atoms with Gasteiger partial charge in [0.2, 0.25) is 0 Å². The number of methoxy groups -OCH3 is 1. The van der Waals surface area contributed by atoms with Gasteiger partial charge in [-0.3, -0.25) is 4.79 Å². The van der Waals surface area contributed by atoms with Crippen LogP contribution in [0, 0.1) is 0 Å². The maximum atomic E-state index is 11.5. The van der Waals surface area contributed by atoms with Crippen molar-refractivity contribution in [3.05, 3.63) is 28.2 Å². The van der Waals surface area contributed by atoms with Gasteiger partial charge >= 0.3 is 5.97 Å². The fourth-order valence-corrected chi connectivity index (χ4v) is 2.38. The van der Waals surface area contributed by atoms with E-state index < -0.39 is 5.97 Å². The summed E-state index contributed by atoms with van der Waals surface area (Å²) in [7, 11) is 1.33. The Morgan fingerprint density at radius 2 is 2.22 bits per heavy atom. The molecule has 0 saturated heterocycles. The highest BCUT2D eigenvalue weighted by Gasteiger charge is 2.26. The van der Waals surface area contributed by atoms with Crippen molar-refractivity contribution in [1.29, 1.82) is 0 Å². The van der Waals surface area contributed by atoms with Crippen molar-refractivity contribution in [2.45, 2.75) is 25.4 Å². The normalized spacial score (nSPS) is 18.8. The zero-order valence-electron chi connectivity index (χ0n) is 9.94. The molecule has 4 nitrogen and oxygen atoms in total. The third-order valence-electron chi connectivity index (χ3n) is 2.87. The Kier molecular flexibility index (Phi) is 4.01. The lowest BCUT2D eigenvalue weighted by Gasteiger charge is -2.13. The van der Waals surface area contributed by atoms with Crippen molar-refractivity contribution in [1.82, 2.24) is 0 Å². The fourth-order valence-electron chi connectivity index (χ4n) is 1.90. The smallest absolute Gasteiger partial charge is 0.337 e. The van der Waals surface area contributed by atoms with Crippen molar-refractivity contribution in [3.8, 4) is 5.75 Å². The van der Waals surface area contributed by atoms with Gasteiger partial charge in [0, 0.05) is 6.42 Å². The SMILES string of the molecule is COC(=O)c1ccc(OC2CCCC2=O)c(Br)c1. The molecule has 96 valence electrons. The van der Waals surface area contributed by atoms with Crippen LogP contribution in [0.4, 0.5) is 0 Å². The van der Waals surface area contributed by atoms with Gasteiger partial charge in [-0.15, -0.1) is 0 Å². The summed E-state index contributed by atoms with van der Waals surface area (Å²) in [6.07, 6.45) is 1.86. The van der Waals surface area contributed by atoms with Crippen LogP contribution in [0.5, 0.6) is 5.75 Å². The molecule has 0 radical (unpaired) electrons. The third-order valence-corrected chi connectivity index (χ3v) is 3.49. The zero-order chi connectivity index (χ0) is 13.1. The van der Waals surface area contributed by atoms with E-state index in [1.54, 1.807) is 18.2 Å².